The summed E-state index contributed by atoms with van der Waals surface area (Å²) in [5.41, 5.74) is 3.30. The summed E-state index contributed by atoms with van der Waals surface area (Å²) in [6.45, 7) is 2.06. The summed E-state index contributed by atoms with van der Waals surface area (Å²) >= 11 is 0. The number of nitrogens with one attached hydrogen (secondary N) is 1. The summed E-state index contributed by atoms with van der Waals surface area (Å²) in [7, 11) is -2.92. The number of nitrogens with zero attached hydrogens (tertiary/aromatic N) is 1. The fourth-order valence-corrected chi connectivity index (χ4v) is 6.77. The van der Waals surface area contributed by atoms with E-state index in [-0.39, 0.29) is 29.4 Å². The molecule has 1 aliphatic heterocycles. The number of aryl methyl sites for hydroxylation is 1. The minimum absolute atomic E-state index is 0.0416. The van der Waals surface area contributed by atoms with Gasteiger partial charge in [0, 0.05) is 17.9 Å². The van der Waals surface area contributed by atoms with Gasteiger partial charge in [-0.3, -0.25) is 4.79 Å². The molecule has 1 saturated heterocycles. The fraction of sp³-hybridized carbons (Fsp3) is 0.619. The molecule has 2 heterocycles. The Morgan fingerprint density at radius 3 is 2.61 bits per heavy atom. The van der Waals surface area contributed by atoms with Crippen LogP contribution in [0.15, 0.2) is 22.6 Å². The molecule has 0 radical (unpaired) electrons. The third-order valence-electron chi connectivity index (χ3n) is 6.90. The number of oxazole rings is 1. The molecule has 0 unspecified atom stereocenters. The van der Waals surface area contributed by atoms with Gasteiger partial charge in [0.05, 0.1) is 11.5 Å². The molecule has 3 fully saturated rings. The molecule has 1 N–H and O–H groups in total. The first-order chi connectivity index (χ1) is 13.3. The quantitative estimate of drug-likeness (QED) is 0.852. The summed E-state index contributed by atoms with van der Waals surface area (Å²) in [6.07, 6.45) is 5.11. The standard InChI is InChI=1S/C21H26N2O4S/c1-13-2-3-18-17(8-13)23-20(27-18)15-9-21(10-15)11-16(12-21)22-19(24)14-4-6-28(25,26)7-5-14/h2-3,8,14-16H,4-7,9-12H2,1H3,(H,22,24). The third-order valence-corrected chi connectivity index (χ3v) is 8.61. The lowest BCUT2D eigenvalue weighted by Crippen LogP contribution is -2.56. The van der Waals surface area contributed by atoms with Gasteiger partial charge in [0.2, 0.25) is 5.91 Å². The van der Waals surface area contributed by atoms with E-state index in [1.54, 1.807) is 0 Å². The van der Waals surface area contributed by atoms with Crippen molar-refractivity contribution in [3.05, 3.63) is 29.7 Å². The minimum Gasteiger partial charge on any atom is -0.440 e. The molecular formula is C21H26N2O4S. The smallest absolute Gasteiger partial charge is 0.223 e. The van der Waals surface area contributed by atoms with E-state index in [0.717, 1.165) is 42.7 Å². The fourth-order valence-electron chi connectivity index (χ4n) is 5.28. The summed E-state index contributed by atoms with van der Waals surface area (Å²) in [5, 5.41) is 3.15. The van der Waals surface area contributed by atoms with Crippen LogP contribution >= 0.6 is 0 Å². The Morgan fingerprint density at radius 1 is 1.18 bits per heavy atom. The van der Waals surface area contributed by atoms with E-state index in [9.17, 15) is 13.2 Å². The zero-order chi connectivity index (χ0) is 19.5. The highest BCUT2D eigenvalue weighted by Gasteiger charge is 2.54. The predicted molar refractivity (Wildman–Crippen MR) is 106 cm³/mol. The average molecular weight is 403 g/mol. The number of hydrogen-bond acceptors (Lipinski definition) is 5. The van der Waals surface area contributed by atoms with Crippen LogP contribution in [0.2, 0.25) is 0 Å². The summed E-state index contributed by atoms with van der Waals surface area (Å²) in [5.74, 6) is 1.42. The molecule has 1 amide bonds. The molecule has 150 valence electrons. The Balaban J connectivity index is 1.12. The van der Waals surface area contributed by atoms with E-state index in [1.807, 2.05) is 12.1 Å². The van der Waals surface area contributed by atoms with Crippen molar-refractivity contribution >= 4 is 26.8 Å². The molecule has 6 nitrogen and oxygen atoms in total. The lowest BCUT2D eigenvalue weighted by atomic mass is 9.50. The number of amides is 1. The van der Waals surface area contributed by atoms with Crippen molar-refractivity contribution < 1.29 is 17.6 Å². The van der Waals surface area contributed by atoms with E-state index < -0.39 is 9.84 Å². The normalized spacial score (nSPS) is 32.0. The van der Waals surface area contributed by atoms with E-state index >= 15 is 0 Å². The van der Waals surface area contributed by atoms with Crippen molar-refractivity contribution in [2.24, 2.45) is 11.3 Å². The molecule has 0 bridgehead atoms. The van der Waals surface area contributed by atoms with Crippen LogP contribution in [0.5, 0.6) is 0 Å². The van der Waals surface area contributed by atoms with Gasteiger partial charge in [-0.15, -0.1) is 0 Å². The topological polar surface area (TPSA) is 89.3 Å². The van der Waals surface area contributed by atoms with Gasteiger partial charge in [-0.25, -0.2) is 13.4 Å². The van der Waals surface area contributed by atoms with Gasteiger partial charge in [-0.2, -0.15) is 0 Å². The monoisotopic (exact) mass is 402 g/mol. The van der Waals surface area contributed by atoms with Crippen LogP contribution in [0, 0.1) is 18.3 Å². The number of benzene rings is 1. The average Bonchev–Trinajstić information content (AvgIpc) is 2.97. The highest BCUT2D eigenvalue weighted by molar-refractivity contribution is 7.91. The lowest BCUT2D eigenvalue weighted by Gasteiger charge is -2.57. The van der Waals surface area contributed by atoms with Crippen molar-refractivity contribution in [3.63, 3.8) is 0 Å². The van der Waals surface area contributed by atoms with E-state index in [2.05, 4.69) is 23.3 Å². The maximum atomic E-state index is 12.4. The molecule has 1 spiro atoms. The van der Waals surface area contributed by atoms with Gasteiger partial charge in [0.15, 0.2) is 11.5 Å². The number of fused-ring (bicyclic) bond motifs is 1. The summed E-state index contributed by atoms with van der Waals surface area (Å²) in [6, 6.07) is 6.32. The molecule has 28 heavy (non-hydrogen) atoms. The highest BCUT2D eigenvalue weighted by atomic mass is 32.2. The highest BCUT2D eigenvalue weighted by Crippen LogP contribution is 2.61. The van der Waals surface area contributed by atoms with Crippen LogP contribution in [-0.2, 0) is 14.6 Å². The van der Waals surface area contributed by atoms with E-state index in [0.29, 0.717) is 24.2 Å². The van der Waals surface area contributed by atoms with Gasteiger partial charge >= 0.3 is 0 Å². The molecule has 3 aliphatic rings. The molecule has 7 heteroatoms. The minimum atomic E-state index is -2.92. The Labute approximate surface area is 165 Å². The van der Waals surface area contributed by atoms with E-state index in [1.165, 1.54) is 5.56 Å². The Bertz CT molecular complexity index is 1010. The molecular weight excluding hydrogens is 376 g/mol. The van der Waals surface area contributed by atoms with Crippen LogP contribution in [0.3, 0.4) is 0 Å². The molecule has 0 atom stereocenters. The maximum absolute atomic E-state index is 12.4. The van der Waals surface area contributed by atoms with Gasteiger partial charge in [-0.1, -0.05) is 6.07 Å². The number of aromatic nitrogens is 1. The van der Waals surface area contributed by atoms with Crippen LogP contribution < -0.4 is 5.32 Å². The SMILES string of the molecule is Cc1ccc2oc(C3CC4(CC(NC(=O)C5CCS(=O)(=O)CC5)C4)C3)nc2c1. The van der Waals surface area contributed by atoms with Crippen LogP contribution in [0.4, 0.5) is 0 Å². The summed E-state index contributed by atoms with van der Waals surface area (Å²) in [4.78, 5) is 17.1. The van der Waals surface area contributed by atoms with Crippen molar-refractivity contribution in [1.29, 1.82) is 0 Å². The second-order valence-electron chi connectivity index (χ2n) is 9.17. The molecule has 5 rings (SSSR count). The number of hydrogen-bond donors (Lipinski definition) is 1. The first-order valence-corrected chi connectivity index (χ1v) is 12.0. The van der Waals surface area contributed by atoms with E-state index in [4.69, 9.17) is 4.42 Å². The molecule has 2 aromatic rings. The van der Waals surface area contributed by atoms with Crippen LogP contribution in [-0.4, -0.2) is 36.9 Å². The van der Waals surface area contributed by atoms with Crippen molar-refractivity contribution in [2.75, 3.05) is 11.5 Å². The zero-order valence-electron chi connectivity index (χ0n) is 16.1. The molecule has 1 aromatic heterocycles. The summed E-state index contributed by atoms with van der Waals surface area (Å²) < 4.78 is 29.0. The largest absolute Gasteiger partial charge is 0.440 e. The number of carbonyl (C=O) groups excluding carboxylic acids is 1. The maximum Gasteiger partial charge on any atom is 0.223 e. The zero-order valence-corrected chi connectivity index (χ0v) is 16.9. The van der Waals surface area contributed by atoms with Crippen molar-refractivity contribution in [2.45, 2.75) is 57.4 Å². The van der Waals surface area contributed by atoms with Crippen LogP contribution in [0.1, 0.15) is 55.9 Å². The molecule has 1 aromatic carbocycles. The van der Waals surface area contributed by atoms with Gasteiger partial charge in [0.25, 0.3) is 0 Å². The second-order valence-corrected chi connectivity index (χ2v) is 11.5. The number of sulfone groups is 1. The van der Waals surface area contributed by atoms with Crippen molar-refractivity contribution in [3.8, 4) is 0 Å². The first kappa shape index (κ1) is 18.2. The van der Waals surface area contributed by atoms with Gasteiger partial charge in [-0.05, 0) is 68.6 Å². The molecule has 2 saturated carbocycles. The second kappa shape index (κ2) is 6.31. The van der Waals surface area contributed by atoms with Crippen molar-refractivity contribution in [1.82, 2.24) is 10.3 Å². The Hall–Kier alpha value is -1.89. The number of carbonyl (C=O) groups is 1. The first-order valence-electron chi connectivity index (χ1n) is 10.2. The van der Waals surface area contributed by atoms with Crippen LogP contribution in [0.25, 0.3) is 11.1 Å². The Morgan fingerprint density at radius 2 is 1.89 bits per heavy atom. The lowest BCUT2D eigenvalue weighted by molar-refractivity contribution is -0.129. The predicted octanol–water partition coefficient (Wildman–Crippen LogP) is 3.10. The third kappa shape index (κ3) is 3.23. The number of rotatable bonds is 3. The van der Waals surface area contributed by atoms with Gasteiger partial charge < -0.3 is 9.73 Å². The Kier molecular flexibility index (Phi) is 4.09. The molecule has 2 aliphatic carbocycles. The van der Waals surface area contributed by atoms with Gasteiger partial charge in [0.1, 0.15) is 15.4 Å².